The summed E-state index contributed by atoms with van der Waals surface area (Å²) in [5.41, 5.74) is 4.00. The van der Waals surface area contributed by atoms with E-state index >= 15 is 0 Å². The lowest BCUT2D eigenvalue weighted by atomic mass is 10.1. The van der Waals surface area contributed by atoms with Crippen LogP contribution in [0.25, 0.3) is 28.4 Å². The Morgan fingerprint density at radius 2 is 1.86 bits per heavy atom. The van der Waals surface area contributed by atoms with Gasteiger partial charge < -0.3 is 0 Å². The van der Waals surface area contributed by atoms with Crippen LogP contribution in [0.1, 0.15) is 19.0 Å². The Labute approximate surface area is 122 Å². The molecule has 0 atom stereocenters. The van der Waals surface area contributed by atoms with Gasteiger partial charge in [-0.25, -0.2) is 19.3 Å². The molecule has 3 nitrogen and oxygen atoms in total. The van der Waals surface area contributed by atoms with E-state index < -0.39 is 0 Å². The van der Waals surface area contributed by atoms with Gasteiger partial charge in [0, 0.05) is 5.56 Å². The molecule has 0 radical (unpaired) electrons. The maximum absolute atomic E-state index is 13.0. The van der Waals surface area contributed by atoms with Crippen LogP contribution in [0.4, 0.5) is 4.39 Å². The van der Waals surface area contributed by atoms with Crippen molar-refractivity contribution in [3.63, 3.8) is 0 Å². The quantitative estimate of drug-likeness (QED) is 0.719. The number of aromatic nitrogens is 3. The fourth-order valence-corrected chi connectivity index (χ4v) is 2.09. The standard InChI is InChI=1S/C17H14FN3/c1-2-3-4-15-17-16(20-11-19-15)10-9-14(21-17)12-5-7-13(18)8-6-12/h3-11H,2H2,1H3. The molecule has 0 aliphatic rings. The summed E-state index contributed by atoms with van der Waals surface area (Å²) in [6.07, 6.45) is 6.46. The summed E-state index contributed by atoms with van der Waals surface area (Å²) in [5, 5.41) is 0. The molecule has 0 N–H and O–H groups in total. The third kappa shape index (κ3) is 2.79. The van der Waals surface area contributed by atoms with E-state index in [9.17, 15) is 4.39 Å². The van der Waals surface area contributed by atoms with Crippen LogP contribution in [0.5, 0.6) is 0 Å². The second kappa shape index (κ2) is 5.79. The van der Waals surface area contributed by atoms with Crippen molar-refractivity contribution in [2.75, 3.05) is 0 Å². The van der Waals surface area contributed by atoms with Gasteiger partial charge in [0.15, 0.2) is 0 Å². The molecule has 3 aromatic rings. The Morgan fingerprint density at radius 1 is 1.05 bits per heavy atom. The highest BCUT2D eigenvalue weighted by atomic mass is 19.1. The zero-order valence-corrected chi connectivity index (χ0v) is 11.6. The molecule has 2 heterocycles. The number of halogens is 1. The normalized spacial score (nSPS) is 11.3. The van der Waals surface area contributed by atoms with E-state index in [0.29, 0.717) is 0 Å². The third-order valence-electron chi connectivity index (χ3n) is 3.16. The van der Waals surface area contributed by atoms with Gasteiger partial charge in [0.2, 0.25) is 0 Å². The predicted molar refractivity (Wildman–Crippen MR) is 82.1 cm³/mol. The van der Waals surface area contributed by atoms with Crippen molar-refractivity contribution >= 4 is 17.1 Å². The minimum Gasteiger partial charge on any atom is -0.244 e. The molecule has 0 spiro atoms. The molecule has 0 unspecified atom stereocenters. The first-order valence-electron chi connectivity index (χ1n) is 6.82. The molecule has 1 aromatic carbocycles. The lowest BCUT2D eigenvalue weighted by Crippen LogP contribution is -1.93. The van der Waals surface area contributed by atoms with E-state index in [1.54, 1.807) is 12.1 Å². The maximum atomic E-state index is 13.0. The number of fused-ring (bicyclic) bond motifs is 1. The Bertz CT molecular complexity index is 795. The summed E-state index contributed by atoms with van der Waals surface area (Å²) in [6, 6.07) is 10.1. The Hall–Kier alpha value is -2.62. The molecule has 104 valence electrons. The van der Waals surface area contributed by atoms with E-state index in [4.69, 9.17) is 0 Å². The highest BCUT2D eigenvalue weighted by Crippen LogP contribution is 2.22. The zero-order chi connectivity index (χ0) is 14.7. The molecule has 0 fully saturated rings. The molecule has 2 aromatic heterocycles. The Balaban J connectivity index is 2.14. The largest absolute Gasteiger partial charge is 0.244 e. The monoisotopic (exact) mass is 279 g/mol. The van der Waals surface area contributed by atoms with Gasteiger partial charge in [-0.2, -0.15) is 0 Å². The average molecular weight is 279 g/mol. The number of benzene rings is 1. The molecule has 21 heavy (non-hydrogen) atoms. The van der Waals surface area contributed by atoms with E-state index in [1.807, 2.05) is 24.3 Å². The number of rotatable bonds is 3. The third-order valence-corrected chi connectivity index (χ3v) is 3.16. The Morgan fingerprint density at radius 3 is 2.62 bits per heavy atom. The van der Waals surface area contributed by atoms with Gasteiger partial charge in [0.25, 0.3) is 0 Å². The minimum absolute atomic E-state index is 0.255. The highest BCUT2D eigenvalue weighted by Gasteiger charge is 2.06. The van der Waals surface area contributed by atoms with Gasteiger partial charge in [-0.1, -0.05) is 13.0 Å². The molecular formula is C17H14FN3. The minimum atomic E-state index is -0.255. The van der Waals surface area contributed by atoms with E-state index in [2.05, 4.69) is 21.9 Å². The molecule has 0 bridgehead atoms. The number of allylic oxidation sites excluding steroid dienone is 1. The summed E-state index contributed by atoms with van der Waals surface area (Å²) >= 11 is 0. The first kappa shape index (κ1) is 13.4. The second-order valence-electron chi connectivity index (χ2n) is 4.64. The lowest BCUT2D eigenvalue weighted by molar-refractivity contribution is 0.628. The van der Waals surface area contributed by atoms with Crippen molar-refractivity contribution in [3.05, 3.63) is 60.3 Å². The molecule has 0 saturated heterocycles. The summed E-state index contributed by atoms with van der Waals surface area (Å²) in [7, 11) is 0. The van der Waals surface area contributed by atoms with Crippen LogP contribution in [0, 0.1) is 5.82 Å². The van der Waals surface area contributed by atoms with Crippen molar-refractivity contribution in [1.82, 2.24) is 15.0 Å². The van der Waals surface area contributed by atoms with Gasteiger partial charge in [0.1, 0.15) is 17.7 Å². The lowest BCUT2D eigenvalue weighted by Gasteiger charge is -2.04. The van der Waals surface area contributed by atoms with Crippen molar-refractivity contribution in [2.24, 2.45) is 0 Å². The van der Waals surface area contributed by atoms with Crippen LogP contribution < -0.4 is 0 Å². The first-order valence-corrected chi connectivity index (χ1v) is 6.82. The number of pyridine rings is 1. The fraction of sp³-hybridized carbons (Fsp3) is 0.118. The predicted octanol–water partition coefficient (Wildman–Crippen LogP) is 4.25. The van der Waals surface area contributed by atoms with Crippen molar-refractivity contribution in [2.45, 2.75) is 13.3 Å². The molecule has 0 amide bonds. The van der Waals surface area contributed by atoms with Crippen LogP contribution in [-0.4, -0.2) is 15.0 Å². The van der Waals surface area contributed by atoms with Gasteiger partial charge in [-0.3, -0.25) is 0 Å². The maximum Gasteiger partial charge on any atom is 0.123 e. The number of nitrogens with zero attached hydrogens (tertiary/aromatic N) is 3. The highest BCUT2D eigenvalue weighted by molar-refractivity contribution is 5.84. The molecule has 0 aliphatic heterocycles. The molecule has 3 rings (SSSR count). The van der Waals surface area contributed by atoms with Crippen LogP contribution in [0.2, 0.25) is 0 Å². The Kier molecular flexibility index (Phi) is 3.69. The van der Waals surface area contributed by atoms with Crippen molar-refractivity contribution < 1.29 is 4.39 Å². The van der Waals surface area contributed by atoms with E-state index in [0.717, 1.165) is 34.4 Å². The van der Waals surface area contributed by atoms with Crippen LogP contribution in [-0.2, 0) is 0 Å². The second-order valence-corrected chi connectivity index (χ2v) is 4.64. The molecule has 0 saturated carbocycles. The zero-order valence-electron chi connectivity index (χ0n) is 11.6. The number of hydrogen-bond donors (Lipinski definition) is 0. The first-order chi connectivity index (χ1) is 10.3. The van der Waals surface area contributed by atoms with Crippen molar-refractivity contribution in [3.8, 4) is 11.3 Å². The molecule has 4 heteroatoms. The van der Waals surface area contributed by atoms with E-state index in [-0.39, 0.29) is 5.82 Å². The van der Waals surface area contributed by atoms with E-state index in [1.165, 1.54) is 18.5 Å². The fourth-order valence-electron chi connectivity index (χ4n) is 2.09. The topological polar surface area (TPSA) is 38.7 Å². The van der Waals surface area contributed by atoms with Gasteiger partial charge in [-0.15, -0.1) is 0 Å². The summed E-state index contributed by atoms with van der Waals surface area (Å²) in [4.78, 5) is 13.1. The summed E-state index contributed by atoms with van der Waals surface area (Å²) in [5.74, 6) is -0.255. The van der Waals surface area contributed by atoms with Gasteiger partial charge >= 0.3 is 0 Å². The summed E-state index contributed by atoms with van der Waals surface area (Å²) < 4.78 is 13.0. The summed E-state index contributed by atoms with van der Waals surface area (Å²) in [6.45, 7) is 2.07. The smallest absolute Gasteiger partial charge is 0.123 e. The molecular weight excluding hydrogens is 265 g/mol. The van der Waals surface area contributed by atoms with Crippen molar-refractivity contribution in [1.29, 1.82) is 0 Å². The van der Waals surface area contributed by atoms with Crippen LogP contribution in [0.15, 0.2) is 48.8 Å². The van der Waals surface area contributed by atoms with Crippen LogP contribution in [0.3, 0.4) is 0 Å². The number of hydrogen-bond acceptors (Lipinski definition) is 3. The van der Waals surface area contributed by atoms with Gasteiger partial charge in [-0.05, 0) is 48.9 Å². The SMILES string of the molecule is CCC=Cc1ncnc2ccc(-c3ccc(F)cc3)nc12. The van der Waals surface area contributed by atoms with Gasteiger partial charge in [0.05, 0.1) is 16.9 Å². The van der Waals surface area contributed by atoms with Crippen LogP contribution >= 0.6 is 0 Å². The molecule has 0 aliphatic carbocycles. The average Bonchev–Trinajstić information content (AvgIpc) is 2.53.